The Morgan fingerprint density at radius 3 is 1.61 bits per heavy atom. The number of halogens is 6. The molecular weight excluding hydrogens is 488 g/mol. The molecule has 10 heteroatoms. The van der Waals surface area contributed by atoms with Crippen molar-refractivity contribution < 1.29 is 40.7 Å². The number of hydrogen-bond donors (Lipinski definition) is 1. The van der Waals surface area contributed by atoms with Gasteiger partial charge in [0.05, 0.1) is 24.7 Å². The molecule has 1 amide bonds. The van der Waals surface area contributed by atoms with E-state index in [1.54, 1.807) is 60.7 Å². The van der Waals surface area contributed by atoms with Crippen LogP contribution in [0.4, 0.5) is 26.3 Å². The molecule has 1 N–H and O–H groups in total. The fourth-order valence-electron chi connectivity index (χ4n) is 3.83. The lowest BCUT2D eigenvalue weighted by Gasteiger charge is -2.27. The average molecular weight is 509 g/mol. The molecule has 190 valence electrons. The Balaban J connectivity index is 1.97. The first-order valence-corrected chi connectivity index (χ1v) is 10.7. The van der Waals surface area contributed by atoms with E-state index in [0.29, 0.717) is 23.3 Å². The van der Waals surface area contributed by atoms with Crippen molar-refractivity contribution in [2.24, 2.45) is 0 Å². The number of hydrogen-bond acceptors (Lipinski definition) is 3. The smallest absolute Gasteiger partial charge is 0.416 e. The van der Waals surface area contributed by atoms with Gasteiger partial charge in [0, 0.05) is 5.92 Å². The van der Waals surface area contributed by atoms with Gasteiger partial charge < -0.3 is 10.1 Å². The third-order valence-corrected chi connectivity index (χ3v) is 5.43. The minimum Gasteiger partial charge on any atom is -0.467 e. The molecule has 0 aromatic heterocycles. The monoisotopic (exact) mass is 509 g/mol. The maximum atomic E-state index is 13.2. The lowest BCUT2D eigenvalue weighted by molar-refractivity contribution is -0.145. The molecule has 3 aromatic rings. The molecule has 0 aliphatic carbocycles. The Morgan fingerprint density at radius 1 is 0.778 bits per heavy atom. The summed E-state index contributed by atoms with van der Waals surface area (Å²) in [6, 6.07) is 16.9. The molecule has 0 aliphatic heterocycles. The van der Waals surface area contributed by atoms with Gasteiger partial charge in [0.15, 0.2) is 0 Å². The highest BCUT2D eigenvalue weighted by Crippen LogP contribution is 2.36. The molecule has 0 spiro atoms. The van der Waals surface area contributed by atoms with E-state index in [-0.39, 0.29) is 6.07 Å². The van der Waals surface area contributed by atoms with Crippen LogP contribution >= 0.6 is 0 Å². The summed E-state index contributed by atoms with van der Waals surface area (Å²) >= 11 is 0. The van der Waals surface area contributed by atoms with Crippen LogP contribution in [-0.2, 0) is 33.1 Å². The van der Waals surface area contributed by atoms with Crippen molar-refractivity contribution in [3.8, 4) is 0 Å². The van der Waals surface area contributed by atoms with Gasteiger partial charge in [-0.25, -0.2) is 4.79 Å². The van der Waals surface area contributed by atoms with Crippen LogP contribution in [0.1, 0.15) is 33.7 Å². The summed E-state index contributed by atoms with van der Waals surface area (Å²) < 4.78 is 84.0. The number of carbonyl (C=O) groups is 2. The molecule has 4 nitrogen and oxygen atoms in total. The van der Waals surface area contributed by atoms with E-state index < -0.39 is 59.3 Å². The number of esters is 1. The zero-order valence-electron chi connectivity index (χ0n) is 18.9. The molecule has 0 fully saturated rings. The third kappa shape index (κ3) is 6.65. The number of ether oxygens (including phenoxy) is 1. The summed E-state index contributed by atoms with van der Waals surface area (Å²) in [6.45, 7) is 0. The van der Waals surface area contributed by atoms with Crippen molar-refractivity contribution in [1.29, 1.82) is 0 Å². The van der Waals surface area contributed by atoms with Gasteiger partial charge in [0.2, 0.25) is 5.91 Å². The molecule has 0 heterocycles. The first-order chi connectivity index (χ1) is 16.9. The molecular formula is C26H21F6NO3. The molecule has 3 rings (SSSR count). The van der Waals surface area contributed by atoms with Crippen molar-refractivity contribution in [2.75, 3.05) is 7.11 Å². The van der Waals surface area contributed by atoms with Gasteiger partial charge in [-0.05, 0) is 34.9 Å². The van der Waals surface area contributed by atoms with E-state index >= 15 is 0 Å². The Labute approximate surface area is 202 Å². The highest BCUT2D eigenvalue weighted by atomic mass is 19.4. The van der Waals surface area contributed by atoms with Crippen molar-refractivity contribution in [3.05, 3.63) is 107 Å². The summed E-state index contributed by atoms with van der Waals surface area (Å²) in [4.78, 5) is 25.6. The lowest BCUT2D eigenvalue weighted by atomic mass is 9.84. The maximum absolute atomic E-state index is 13.2. The number of rotatable bonds is 7. The topological polar surface area (TPSA) is 55.4 Å². The second kappa shape index (κ2) is 10.8. The fourth-order valence-corrected chi connectivity index (χ4v) is 3.83. The van der Waals surface area contributed by atoms with Crippen LogP contribution in [0.15, 0.2) is 78.9 Å². The Hall–Kier alpha value is -3.82. The predicted molar refractivity (Wildman–Crippen MR) is 119 cm³/mol. The molecule has 3 aromatic carbocycles. The molecule has 0 saturated carbocycles. The molecule has 0 radical (unpaired) electrons. The summed E-state index contributed by atoms with van der Waals surface area (Å²) in [5.41, 5.74) is -2.29. The minimum absolute atomic E-state index is 0.0144. The summed E-state index contributed by atoms with van der Waals surface area (Å²) in [5.74, 6) is -2.52. The van der Waals surface area contributed by atoms with Crippen LogP contribution in [0.5, 0.6) is 0 Å². The van der Waals surface area contributed by atoms with E-state index in [9.17, 15) is 35.9 Å². The van der Waals surface area contributed by atoms with E-state index in [0.717, 1.165) is 7.11 Å². The third-order valence-electron chi connectivity index (χ3n) is 5.43. The highest BCUT2D eigenvalue weighted by Gasteiger charge is 2.37. The van der Waals surface area contributed by atoms with Gasteiger partial charge in [-0.15, -0.1) is 0 Å². The second-order valence-corrected chi connectivity index (χ2v) is 7.96. The molecule has 36 heavy (non-hydrogen) atoms. The predicted octanol–water partition coefficient (Wildman–Crippen LogP) is 5.76. The molecule has 0 unspecified atom stereocenters. The van der Waals surface area contributed by atoms with Gasteiger partial charge >= 0.3 is 18.3 Å². The average Bonchev–Trinajstić information content (AvgIpc) is 2.83. The second-order valence-electron chi connectivity index (χ2n) is 7.96. The van der Waals surface area contributed by atoms with Gasteiger partial charge in [-0.3, -0.25) is 4.79 Å². The maximum Gasteiger partial charge on any atom is 0.416 e. The Morgan fingerprint density at radius 2 is 1.22 bits per heavy atom. The van der Waals surface area contributed by atoms with Crippen LogP contribution in [0.25, 0.3) is 0 Å². The lowest BCUT2D eigenvalue weighted by Crippen LogP contribution is -2.46. The van der Waals surface area contributed by atoms with E-state index in [1.807, 2.05) is 0 Å². The van der Waals surface area contributed by atoms with E-state index in [2.05, 4.69) is 5.32 Å². The van der Waals surface area contributed by atoms with Gasteiger partial charge in [-0.1, -0.05) is 60.7 Å². The van der Waals surface area contributed by atoms with Crippen molar-refractivity contribution >= 4 is 11.9 Å². The van der Waals surface area contributed by atoms with Crippen molar-refractivity contribution in [1.82, 2.24) is 5.32 Å². The van der Waals surface area contributed by atoms with Gasteiger partial charge in [0.1, 0.15) is 6.04 Å². The van der Waals surface area contributed by atoms with Crippen molar-refractivity contribution in [2.45, 2.75) is 30.7 Å². The number of carbonyl (C=O) groups excluding carboxylic acids is 2. The number of methoxy groups -OCH3 is 1. The zero-order chi connectivity index (χ0) is 26.5. The number of nitrogens with one attached hydrogen (secondary N) is 1. The standard InChI is InChI=1S/C26H21F6NO3/c1-36-24(35)23(22(17-8-4-2-5-9-17)18-10-6-3-7-11-18)33-21(34)14-16-12-19(25(27,28)29)15-20(13-16)26(30,31)32/h2-13,15,22-23H,14H2,1H3,(H,33,34)/t23-/m1/s1. The van der Waals surface area contributed by atoms with Crippen molar-refractivity contribution in [3.63, 3.8) is 0 Å². The van der Waals surface area contributed by atoms with E-state index in [1.165, 1.54) is 0 Å². The zero-order valence-corrected chi connectivity index (χ0v) is 18.9. The van der Waals surface area contributed by atoms with Crippen LogP contribution in [0, 0.1) is 0 Å². The number of benzene rings is 3. The summed E-state index contributed by atoms with van der Waals surface area (Å²) in [7, 11) is 1.11. The van der Waals surface area contributed by atoms with Crippen LogP contribution < -0.4 is 5.32 Å². The summed E-state index contributed by atoms with van der Waals surface area (Å²) in [5, 5.41) is 2.45. The normalized spacial score (nSPS) is 12.8. The number of alkyl halides is 6. The molecule has 0 aliphatic rings. The molecule has 1 atom stereocenters. The van der Waals surface area contributed by atoms with Crippen LogP contribution in [0.2, 0.25) is 0 Å². The Kier molecular flexibility index (Phi) is 8.07. The molecule has 0 saturated heterocycles. The first-order valence-electron chi connectivity index (χ1n) is 10.7. The van der Waals surface area contributed by atoms with Crippen LogP contribution in [-0.4, -0.2) is 25.0 Å². The van der Waals surface area contributed by atoms with Gasteiger partial charge in [-0.2, -0.15) is 26.3 Å². The first kappa shape index (κ1) is 26.8. The van der Waals surface area contributed by atoms with E-state index in [4.69, 9.17) is 4.74 Å². The molecule has 0 bridgehead atoms. The number of amides is 1. The minimum atomic E-state index is -5.05. The highest BCUT2D eigenvalue weighted by molar-refractivity contribution is 5.87. The quantitative estimate of drug-likeness (QED) is 0.326. The fraction of sp³-hybridized carbons (Fsp3) is 0.231. The van der Waals surface area contributed by atoms with Crippen LogP contribution in [0.3, 0.4) is 0 Å². The Bertz CT molecular complexity index is 1120. The largest absolute Gasteiger partial charge is 0.467 e. The summed E-state index contributed by atoms with van der Waals surface area (Å²) in [6.07, 6.45) is -10.9. The van der Waals surface area contributed by atoms with Gasteiger partial charge in [0.25, 0.3) is 0 Å². The SMILES string of the molecule is COC(=O)[C@H](NC(=O)Cc1cc(C(F)(F)F)cc(C(F)(F)F)c1)C(c1ccccc1)c1ccccc1.